The van der Waals surface area contributed by atoms with Crippen LogP contribution in [0.2, 0.25) is 5.02 Å². The highest BCUT2D eigenvalue weighted by atomic mass is 35.5. The lowest BCUT2D eigenvalue weighted by atomic mass is 10.1. The summed E-state index contributed by atoms with van der Waals surface area (Å²) < 4.78 is 2.07. The van der Waals surface area contributed by atoms with Gasteiger partial charge < -0.3 is 5.32 Å². The van der Waals surface area contributed by atoms with Crippen molar-refractivity contribution in [1.29, 1.82) is 0 Å². The van der Waals surface area contributed by atoms with E-state index in [9.17, 15) is 0 Å². The number of aryl methyl sites for hydroxylation is 2. The first-order valence-corrected chi connectivity index (χ1v) is 7.56. The minimum absolute atomic E-state index is 0.289. The number of benzene rings is 1. The second-order valence-electron chi connectivity index (χ2n) is 4.95. The summed E-state index contributed by atoms with van der Waals surface area (Å²) in [6.45, 7) is 8.15. The van der Waals surface area contributed by atoms with Gasteiger partial charge in [0.05, 0.1) is 11.4 Å². The van der Waals surface area contributed by atoms with E-state index in [-0.39, 0.29) is 6.04 Å². The van der Waals surface area contributed by atoms with Crippen molar-refractivity contribution in [2.75, 3.05) is 0 Å². The third-order valence-electron chi connectivity index (χ3n) is 3.54. The van der Waals surface area contributed by atoms with E-state index in [1.807, 2.05) is 12.1 Å². The summed E-state index contributed by atoms with van der Waals surface area (Å²) in [6, 6.07) is 10.5. The zero-order valence-corrected chi connectivity index (χ0v) is 13.1. The van der Waals surface area contributed by atoms with Crippen LogP contribution in [0.3, 0.4) is 0 Å². The third-order valence-corrected chi connectivity index (χ3v) is 3.79. The number of hydrogen-bond acceptors (Lipinski definition) is 2. The first kappa shape index (κ1) is 15.1. The molecule has 0 unspecified atom stereocenters. The van der Waals surface area contributed by atoms with Gasteiger partial charge in [-0.1, -0.05) is 30.7 Å². The SMILES string of the molecule is CCc1cc(CN[C@H](C)c2ccc(Cl)cc2)n(CC)n1. The van der Waals surface area contributed by atoms with Crippen molar-refractivity contribution in [2.24, 2.45) is 0 Å². The monoisotopic (exact) mass is 291 g/mol. The molecule has 0 spiro atoms. The molecule has 1 N–H and O–H groups in total. The maximum absolute atomic E-state index is 5.92. The van der Waals surface area contributed by atoms with Crippen LogP contribution in [0.4, 0.5) is 0 Å². The molecule has 0 bridgehead atoms. The summed E-state index contributed by atoms with van der Waals surface area (Å²) in [5.41, 5.74) is 3.64. The standard InChI is InChI=1S/C16H22ClN3/c1-4-15-10-16(20(5-2)19-15)11-18-12(3)13-6-8-14(17)9-7-13/h6-10,12,18H,4-5,11H2,1-3H3/t12-/m1/s1. The average Bonchev–Trinajstić information content (AvgIpc) is 2.88. The molecule has 0 radical (unpaired) electrons. The second kappa shape index (κ2) is 6.91. The highest BCUT2D eigenvalue weighted by Crippen LogP contribution is 2.16. The van der Waals surface area contributed by atoms with Gasteiger partial charge in [0.15, 0.2) is 0 Å². The maximum atomic E-state index is 5.92. The Labute approximate surface area is 126 Å². The van der Waals surface area contributed by atoms with E-state index in [4.69, 9.17) is 11.6 Å². The molecule has 1 heterocycles. The lowest BCUT2D eigenvalue weighted by Crippen LogP contribution is -2.20. The Kier molecular flexibility index (Phi) is 5.21. The van der Waals surface area contributed by atoms with Gasteiger partial charge >= 0.3 is 0 Å². The maximum Gasteiger partial charge on any atom is 0.0625 e. The molecule has 1 aromatic heterocycles. The molecule has 2 rings (SSSR count). The molecule has 0 saturated carbocycles. The fourth-order valence-electron chi connectivity index (χ4n) is 2.23. The van der Waals surface area contributed by atoms with E-state index in [0.717, 1.165) is 30.2 Å². The highest BCUT2D eigenvalue weighted by Gasteiger charge is 2.09. The van der Waals surface area contributed by atoms with Gasteiger partial charge in [-0.2, -0.15) is 5.10 Å². The molecular formula is C16H22ClN3. The van der Waals surface area contributed by atoms with Crippen LogP contribution >= 0.6 is 11.6 Å². The second-order valence-corrected chi connectivity index (χ2v) is 5.39. The summed E-state index contributed by atoms with van der Waals surface area (Å²) in [4.78, 5) is 0. The van der Waals surface area contributed by atoms with E-state index in [1.54, 1.807) is 0 Å². The summed E-state index contributed by atoms with van der Waals surface area (Å²) in [5.74, 6) is 0. The first-order chi connectivity index (χ1) is 9.63. The molecule has 20 heavy (non-hydrogen) atoms. The van der Waals surface area contributed by atoms with Crippen molar-refractivity contribution in [1.82, 2.24) is 15.1 Å². The molecule has 0 saturated heterocycles. The smallest absolute Gasteiger partial charge is 0.0625 e. The Morgan fingerprint density at radius 3 is 2.55 bits per heavy atom. The zero-order valence-electron chi connectivity index (χ0n) is 12.4. The van der Waals surface area contributed by atoms with Crippen molar-refractivity contribution >= 4 is 11.6 Å². The Balaban J connectivity index is 2.00. The van der Waals surface area contributed by atoms with Crippen LogP contribution in [-0.4, -0.2) is 9.78 Å². The molecule has 0 aliphatic carbocycles. The lowest BCUT2D eigenvalue weighted by Gasteiger charge is -2.14. The van der Waals surface area contributed by atoms with Gasteiger partial charge in [0.25, 0.3) is 0 Å². The van der Waals surface area contributed by atoms with Gasteiger partial charge in [-0.15, -0.1) is 0 Å². The molecule has 0 aliphatic rings. The van der Waals surface area contributed by atoms with Crippen LogP contribution in [0.1, 0.15) is 43.8 Å². The van der Waals surface area contributed by atoms with Gasteiger partial charge in [-0.25, -0.2) is 0 Å². The summed E-state index contributed by atoms with van der Waals surface area (Å²) in [5, 5.41) is 8.89. The van der Waals surface area contributed by atoms with Crippen molar-refractivity contribution in [2.45, 2.75) is 46.3 Å². The summed E-state index contributed by atoms with van der Waals surface area (Å²) in [6.07, 6.45) is 0.979. The molecule has 3 nitrogen and oxygen atoms in total. The van der Waals surface area contributed by atoms with Gasteiger partial charge in [0, 0.05) is 24.2 Å². The predicted molar refractivity (Wildman–Crippen MR) is 84.0 cm³/mol. The number of aromatic nitrogens is 2. The van der Waals surface area contributed by atoms with Crippen LogP contribution in [-0.2, 0) is 19.5 Å². The fourth-order valence-corrected chi connectivity index (χ4v) is 2.36. The normalized spacial score (nSPS) is 12.6. The minimum atomic E-state index is 0.289. The topological polar surface area (TPSA) is 29.9 Å². The number of hydrogen-bond donors (Lipinski definition) is 1. The fraction of sp³-hybridized carbons (Fsp3) is 0.438. The number of rotatable bonds is 6. The molecule has 108 valence electrons. The van der Waals surface area contributed by atoms with Crippen molar-refractivity contribution in [3.8, 4) is 0 Å². The van der Waals surface area contributed by atoms with Crippen molar-refractivity contribution in [3.63, 3.8) is 0 Å². The van der Waals surface area contributed by atoms with E-state index < -0.39 is 0 Å². The van der Waals surface area contributed by atoms with Gasteiger partial charge in [-0.3, -0.25) is 4.68 Å². The Bertz CT molecular complexity index is 545. The number of nitrogens with zero attached hydrogens (tertiary/aromatic N) is 2. The van der Waals surface area contributed by atoms with Crippen LogP contribution in [0.5, 0.6) is 0 Å². The quantitative estimate of drug-likeness (QED) is 0.873. The Morgan fingerprint density at radius 2 is 1.95 bits per heavy atom. The third kappa shape index (κ3) is 3.62. The van der Waals surface area contributed by atoms with Crippen molar-refractivity contribution < 1.29 is 0 Å². The van der Waals surface area contributed by atoms with Crippen LogP contribution in [0, 0.1) is 0 Å². The average molecular weight is 292 g/mol. The van der Waals surface area contributed by atoms with Crippen LogP contribution in [0.25, 0.3) is 0 Å². The molecule has 0 aliphatic heterocycles. The molecule has 1 aromatic carbocycles. The molecule has 0 amide bonds. The summed E-state index contributed by atoms with van der Waals surface area (Å²) >= 11 is 5.92. The van der Waals surface area contributed by atoms with Gasteiger partial charge in [0.2, 0.25) is 0 Å². The Morgan fingerprint density at radius 1 is 1.25 bits per heavy atom. The lowest BCUT2D eigenvalue weighted by molar-refractivity contribution is 0.530. The predicted octanol–water partition coefficient (Wildman–Crippen LogP) is 3.97. The molecule has 4 heteroatoms. The molecule has 0 fully saturated rings. The largest absolute Gasteiger partial charge is 0.305 e. The molecular weight excluding hydrogens is 270 g/mol. The van der Waals surface area contributed by atoms with Gasteiger partial charge in [-0.05, 0) is 44.0 Å². The Hall–Kier alpha value is -1.32. The molecule has 1 atom stereocenters. The van der Waals surface area contributed by atoms with E-state index in [0.29, 0.717) is 0 Å². The van der Waals surface area contributed by atoms with E-state index >= 15 is 0 Å². The van der Waals surface area contributed by atoms with Gasteiger partial charge in [0.1, 0.15) is 0 Å². The zero-order chi connectivity index (χ0) is 14.5. The first-order valence-electron chi connectivity index (χ1n) is 7.18. The molecule has 2 aromatic rings. The number of halogens is 1. The highest BCUT2D eigenvalue weighted by molar-refractivity contribution is 6.30. The van der Waals surface area contributed by atoms with Crippen LogP contribution < -0.4 is 5.32 Å². The van der Waals surface area contributed by atoms with E-state index in [2.05, 4.69) is 54.1 Å². The summed E-state index contributed by atoms with van der Waals surface area (Å²) in [7, 11) is 0. The van der Waals surface area contributed by atoms with Crippen molar-refractivity contribution in [3.05, 3.63) is 52.3 Å². The van der Waals surface area contributed by atoms with E-state index in [1.165, 1.54) is 11.3 Å². The number of nitrogens with one attached hydrogen (secondary N) is 1. The minimum Gasteiger partial charge on any atom is -0.305 e. The van der Waals surface area contributed by atoms with Crippen LogP contribution in [0.15, 0.2) is 30.3 Å².